The van der Waals surface area contributed by atoms with E-state index in [4.69, 9.17) is 9.16 Å². The molecule has 0 saturated carbocycles. The van der Waals surface area contributed by atoms with Gasteiger partial charge in [0, 0.05) is 12.0 Å². The molecule has 1 aromatic rings. The highest BCUT2D eigenvalue weighted by Crippen LogP contribution is 2.41. The monoisotopic (exact) mass is 308 g/mol. The van der Waals surface area contributed by atoms with Crippen molar-refractivity contribution in [3.63, 3.8) is 0 Å². The Bertz CT molecular complexity index is 501. The number of rotatable bonds is 5. The third-order valence-electron chi connectivity index (χ3n) is 4.71. The molecule has 1 heterocycles. The number of para-hydroxylation sites is 1. The molecule has 1 fully saturated rings. The molecule has 2 atom stereocenters. The van der Waals surface area contributed by atoms with Crippen molar-refractivity contribution in [2.45, 2.75) is 64.0 Å². The van der Waals surface area contributed by atoms with E-state index in [-0.39, 0.29) is 10.6 Å². The fourth-order valence-electron chi connectivity index (χ4n) is 2.04. The number of ether oxygens (including phenoxy) is 1. The highest BCUT2D eigenvalue weighted by atomic mass is 28.4. The summed E-state index contributed by atoms with van der Waals surface area (Å²) in [5.41, 5.74) is 0.711. The van der Waals surface area contributed by atoms with Crippen molar-refractivity contribution in [3.8, 4) is 5.75 Å². The first-order chi connectivity index (χ1) is 9.54. The molecular formula is C17H28O3Si. The Kier molecular flexibility index (Phi) is 4.26. The van der Waals surface area contributed by atoms with Gasteiger partial charge in [-0.2, -0.15) is 0 Å². The summed E-state index contributed by atoms with van der Waals surface area (Å²) in [5, 5.41) is 10.7. The summed E-state index contributed by atoms with van der Waals surface area (Å²) in [5.74, 6) is 0.820. The second-order valence-corrected chi connectivity index (χ2v) is 12.6. The molecule has 3 nitrogen and oxygen atoms in total. The zero-order valence-electron chi connectivity index (χ0n) is 14.1. The maximum absolute atomic E-state index is 10.5. The van der Waals surface area contributed by atoms with E-state index in [0.29, 0.717) is 6.42 Å². The molecule has 1 aliphatic rings. The van der Waals surface area contributed by atoms with Gasteiger partial charge in [0.2, 0.25) is 8.32 Å². The lowest BCUT2D eigenvalue weighted by atomic mass is 9.98. The van der Waals surface area contributed by atoms with Crippen molar-refractivity contribution in [2.24, 2.45) is 0 Å². The minimum absolute atomic E-state index is 0.136. The van der Waals surface area contributed by atoms with E-state index >= 15 is 0 Å². The lowest BCUT2D eigenvalue weighted by Crippen LogP contribution is -2.44. The Morgan fingerprint density at radius 2 is 1.90 bits per heavy atom. The van der Waals surface area contributed by atoms with Crippen LogP contribution in [0, 0.1) is 0 Å². The van der Waals surface area contributed by atoms with E-state index < -0.39 is 14.4 Å². The minimum atomic E-state index is -1.91. The van der Waals surface area contributed by atoms with Gasteiger partial charge < -0.3 is 14.3 Å². The summed E-state index contributed by atoms with van der Waals surface area (Å²) in [6.45, 7) is 13.9. The fourth-order valence-corrected chi connectivity index (χ4v) is 3.08. The first-order valence-electron chi connectivity index (χ1n) is 7.64. The number of aliphatic hydroxyl groups is 1. The molecule has 1 saturated heterocycles. The average molecular weight is 308 g/mol. The summed E-state index contributed by atoms with van der Waals surface area (Å²) >= 11 is 0. The van der Waals surface area contributed by atoms with Crippen LogP contribution in [0.3, 0.4) is 0 Å². The highest BCUT2D eigenvalue weighted by molar-refractivity contribution is 6.74. The number of hydrogen-bond acceptors (Lipinski definition) is 3. The molecule has 0 unspecified atom stereocenters. The maximum Gasteiger partial charge on any atom is 0.250 e. The quantitative estimate of drug-likeness (QED) is 0.652. The predicted octanol–water partition coefficient (Wildman–Crippen LogP) is 4.28. The average Bonchev–Trinajstić information content (AvgIpc) is 3.05. The smallest absolute Gasteiger partial charge is 0.250 e. The first kappa shape index (κ1) is 16.5. The minimum Gasteiger partial charge on any atom is -0.543 e. The lowest BCUT2D eigenvalue weighted by Gasteiger charge is -2.37. The Hall–Kier alpha value is -0.843. The Morgan fingerprint density at radius 1 is 1.33 bits per heavy atom. The van der Waals surface area contributed by atoms with Gasteiger partial charge in [0.25, 0.3) is 0 Å². The van der Waals surface area contributed by atoms with Crippen LogP contribution >= 0.6 is 0 Å². The number of benzene rings is 1. The van der Waals surface area contributed by atoms with Gasteiger partial charge in [0.15, 0.2) is 0 Å². The predicted molar refractivity (Wildman–Crippen MR) is 88.2 cm³/mol. The Balaban J connectivity index is 2.20. The van der Waals surface area contributed by atoms with Crippen LogP contribution in [0.1, 0.15) is 45.8 Å². The van der Waals surface area contributed by atoms with E-state index in [9.17, 15) is 5.11 Å². The summed E-state index contributed by atoms with van der Waals surface area (Å²) < 4.78 is 11.8. The molecule has 2 rings (SSSR count). The largest absolute Gasteiger partial charge is 0.543 e. The second kappa shape index (κ2) is 5.41. The standard InChI is InChI=1S/C17H28O3Si/c1-16(2,3)21(5,6)20-15-10-8-7-9-13(15)14(18)11-17(4)12-19-17/h7-10,14,18H,11-12H2,1-6H3/t14-,17+/m1/s1. The molecule has 0 aliphatic carbocycles. The van der Waals surface area contributed by atoms with Gasteiger partial charge in [-0.1, -0.05) is 39.0 Å². The van der Waals surface area contributed by atoms with Gasteiger partial charge in [-0.3, -0.25) is 0 Å². The van der Waals surface area contributed by atoms with Gasteiger partial charge in [-0.25, -0.2) is 0 Å². The molecule has 118 valence electrons. The summed E-state index contributed by atoms with van der Waals surface area (Å²) in [7, 11) is -1.91. The van der Waals surface area contributed by atoms with Crippen LogP contribution in [0.2, 0.25) is 18.1 Å². The number of hydrogen-bond donors (Lipinski definition) is 1. The van der Waals surface area contributed by atoms with Crippen molar-refractivity contribution in [2.75, 3.05) is 6.61 Å². The maximum atomic E-state index is 10.5. The van der Waals surface area contributed by atoms with Crippen molar-refractivity contribution in [1.82, 2.24) is 0 Å². The molecule has 0 radical (unpaired) electrons. The second-order valence-electron chi connectivity index (χ2n) is 7.86. The fraction of sp³-hybridized carbons (Fsp3) is 0.647. The van der Waals surface area contributed by atoms with E-state index in [1.54, 1.807) is 0 Å². The van der Waals surface area contributed by atoms with E-state index in [1.807, 2.05) is 31.2 Å². The van der Waals surface area contributed by atoms with Crippen molar-refractivity contribution in [3.05, 3.63) is 29.8 Å². The molecule has 0 amide bonds. The van der Waals surface area contributed by atoms with Crippen LogP contribution in [0.5, 0.6) is 5.75 Å². The molecule has 4 heteroatoms. The highest BCUT2D eigenvalue weighted by Gasteiger charge is 2.43. The Morgan fingerprint density at radius 3 is 2.43 bits per heavy atom. The van der Waals surface area contributed by atoms with E-state index in [0.717, 1.165) is 17.9 Å². The van der Waals surface area contributed by atoms with Crippen molar-refractivity contribution in [1.29, 1.82) is 0 Å². The summed E-state index contributed by atoms with van der Waals surface area (Å²) in [6.07, 6.45) is 0.0729. The van der Waals surface area contributed by atoms with Crippen LogP contribution in [0.4, 0.5) is 0 Å². The zero-order valence-corrected chi connectivity index (χ0v) is 15.1. The van der Waals surface area contributed by atoms with Crippen molar-refractivity contribution < 1.29 is 14.3 Å². The zero-order chi connectivity index (χ0) is 15.9. The molecule has 1 aromatic carbocycles. The van der Waals surface area contributed by atoms with E-state index in [1.165, 1.54) is 0 Å². The molecule has 0 aromatic heterocycles. The van der Waals surface area contributed by atoms with Gasteiger partial charge in [-0.05, 0) is 31.1 Å². The topological polar surface area (TPSA) is 42.0 Å². The van der Waals surface area contributed by atoms with E-state index in [2.05, 4.69) is 33.9 Å². The van der Waals surface area contributed by atoms with Gasteiger partial charge in [0.1, 0.15) is 5.75 Å². The normalized spacial score (nSPS) is 23.8. The molecule has 0 spiro atoms. The molecule has 21 heavy (non-hydrogen) atoms. The molecule has 1 aliphatic heterocycles. The van der Waals surface area contributed by atoms with Crippen LogP contribution in [0.25, 0.3) is 0 Å². The van der Waals surface area contributed by atoms with Crippen LogP contribution < -0.4 is 4.43 Å². The molecule has 1 N–H and O–H groups in total. The number of epoxide rings is 1. The van der Waals surface area contributed by atoms with Crippen molar-refractivity contribution >= 4 is 8.32 Å². The van der Waals surface area contributed by atoms with Gasteiger partial charge >= 0.3 is 0 Å². The summed E-state index contributed by atoms with van der Waals surface area (Å²) in [6, 6.07) is 7.84. The lowest BCUT2D eigenvalue weighted by molar-refractivity contribution is 0.129. The third-order valence-corrected chi connectivity index (χ3v) is 9.05. The van der Waals surface area contributed by atoms with Crippen LogP contribution in [0.15, 0.2) is 24.3 Å². The Labute approximate surface area is 129 Å². The first-order valence-corrected chi connectivity index (χ1v) is 10.5. The molecule has 0 bridgehead atoms. The summed E-state index contributed by atoms with van der Waals surface area (Å²) in [4.78, 5) is 0. The van der Waals surface area contributed by atoms with Gasteiger partial charge in [0.05, 0.1) is 18.3 Å². The number of aliphatic hydroxyl groups excluding tert-OH is 1. The third kappa shape index (κ3) is 3.87. The molecular weight excluding hydrogens is 280 g/mol. The SMILES string of the molecule is CC(C)(C)[Si](C)(C)Oc1ccccc1[C@H](O)C[C@@]1(C)CO1. The van der Waals surface area contributed by atoms with Crippen LogP contribution in [-0.4, -0.2) is 25.6 Å². The van der Waals surface area contributed by atoms with Gasteiger partial charge in [-0.15, -0.1) is 0 Å². The van der Waals surface area contributed by atoms with Crippen LogP contribution in [-0.2, 0) is 4.74 Å².